The number of nitrogens with one attached hydrogen (secondary N) is 2. The zero-order chi connectivity index (χ0) is 20.6. The van der Waals surface area contributed by atoms with Gasteiger partial charge in [-0.15, -0.1) is 0 Å². The van der Waals surface area contributed by atoms with Gasteiger partial charge in [-0.3, -0.25) is 25.2 Å². The van der Waals surface area contributed by atoms with Gasteiger partial charge in [0.05, 0.1) is 13.0 Å². The predicted octanol–water partition coefficient (Wildman–Crippen LogP) is 1.27. The molecule has 0 radical (unpaired) electrons. The highest BCUT2D eigenvalue weighted by Gasteiger charge is 2.34. The van der Waals surface area contributed by atoms with Crippen molar-refractivity contribution in [3.63, 3.8) is 0 Å². The smallest absolute Gasteiger partial charge is 0.276 e. The molecular formula is C21H23N3O5. The fourth-order valence-corrected chi connectivity index (χ4v) is 3.06. The van der Waals surface area contributed by atoms with Gasteiger partial charge in [0.1, 0.15) is 0 Å². The van der Waals surface area contributed by atoms with Gasteiger partial charge < -0.3 is 14.4 Å². The minimum absolute atomic E-state index is 0.0835. The molecule has 1 aliphatic rings. The van der Waals surface area contributed by atoms with Crippen molar-refractivity contribution < 1.29 is 23.9 Å². The van der Waals surface area contributed by atoms with Crippen molar-refractivity contribution in [1.29, 1.82) is 0 Å². The molecule has 1 fully saturated rings. The minimum atomic E-state index is -0.519. The topological polar surface area (TPSA) is 97.0 Å². The summed E-state index contributed by atoms with van der Waals surface area (Å²) in [5, 5.41) is 0. The van der Waals surface area contributed by atoms with Crippen LogP contribution in [-0.4, -0.2) is 42.9 Å². The van der Waals surface area contributed by atoms with E-state index in [1.54, 1.807) is 29.2 Å². The van der Waals surface area contributed by atoms with Crippen LogP contribution >= 0.6 is 0 Å². The lowest BCUT2D eigenvalue weighted by atomic mass is 10.1. The lowest BCUT2D eigenvalue weighted by Crippen LogP contribution is -2.46. The summed E-state index contributed by atoms with van der Waals surface area (Å²) in [7, 11) is 1.51. The SMILES string of the molecule is COc1ccccc1OCC(=O)NNC(=O)C1CC(=O)N(Cc2ccccc2)C1. The summed E-state index contributed by atoms with van der Waals surface area (Å²) < 4.78 is 10.5. The van der Waals surface area contributed by atoms with Gasteiger partial charge in [-0.05, 0) is 17.7 Å². The first-order chi connectivity index (χ1) is 14.1. The highest BCUT2D eigenvalue weighted by Crippen LogP contribution is 2.25. The maximum atomic E-state index is 12.3. The van der Waals surface area contributed by atoms with Crippen molar-refractivity contribution in [2.24, 2.45) is 5.92 Å². The van der Waals surface area contributed by atoms with Crippen LogP contribution in [0, 0.1) is 5.92 Å². The molecular weight excluding hydrogens is 374 g/mol. The number of hydrogen-bond acceptors (Lipinski definition) is 5. The average Bonchev–Trinajstić information content (AvgIpc) is 3.11. The van der Waals surface area contributed by atoms with Crippen molar-refractivity contribution in [3.8, 4) is 11.5 Å². The Hall–Kier alpha value is -3.55. The van der Waals surface area contributed by atoms with Gasteiger partial charge in [0, 0.05) is 19.5 Å². The van der Waals surface area contributed by atoms with E-state index >= 15 is 0 Å². The van der Waals surface area contributed by atoms with Crippen molar-refractivity contribution in [2.45, 2.75) is 13.0 Å². The van der Waals surface area contributed by atoms with Gasteiger partial charge in [-0.2, -0.15) is 0 Å². The summed E-state index contributed by atoms with van der Waals surface area (Å²) in [6, 6.07) is 16.5. The molecule has 1 atom stereocenters. The van der Waals surface area contributed by atoms with Crippen LogP contribution in [0.5, 0.6) is 11.5 Å². The first kappa shape index (κ1) is 20.2. The summed E-state index contributed by atoms with van der Waals surface area (Å²) in [6.07, 6.45) is 0.117. The first-order valence-electron chi connectivity index (χ1n) is 9.23. The first-order valence-corrected chi connectivity index (χ1v) is 9.23. The quantitative estimate of drug-likeness (QED) is 0.686. The molecule has 3 amide bonds. The molecule has 0 bridgehead atoms. The maximum absolute atomic E-state index is 12.3. The van der Waals surface area contributed by atoms with Gasteiger partial charge in [0.25, 0.3) is 5.91 Å². The van der Waals surface area contributed by atoms with Crippen LogP contribution in [0.2, 0.25) is 0 Å². The predicted molar refractivity (Wildman–Crippen MR) is 105 cm³/mol. The van der Waals surface area contributed by atoms with E-state index in [9.17, 15) is 14.4 Å². The lowest BCUT2D eigenvalue weighted by molar-refractivity contribution is -0.132. The summed E-state index contributed by atoms with van der Waals surface area (Å²) >= 11 is 0. The molecule has 2 N–H and O–H groups in total. The second-order valence-corrected chi connectivity index (χ2v) is 6.64. The third-order valence-electron chi connectivity index (χ3n) is 4.55. The molecule has 0 aromatic heterocycles. The second kappa shape index (κ2) is 9.59. The molecule has 1 heterocycles. The fraction of sp³-hybridized carbons (Fsp3) is 0.286. The van der Waals surface area contributed by atoms with Crippen molar-refractivity contribution in [3.05, 3.63) is 60.2 Å². The van der Waals surface area contributed by atoms with E-state index in [1.807, 2.05) is 30.3 Å². The Morgan fingerprint density at radius 1 is 1.03 bits per heavy atom. The molecule has 0 aliphatic carbocycles. The van der Waals surface area contributed by atoms with Gasteiger partial charge >= 0.3 is 0 Å². The van der Waals surface area contributed by atoms with Gasteiger partial charge in [-0.25, -0.2) is 0 Å². The van der Waals surface area contributed by atoms with Crippen LogP contribution in [0.1, 0.15) is 12.0 Å². The molecule has 1 unspecified atom stereocenters. The number of hydrazine groups is 1. The van der Waals surface area contributed by atoms with Crippen LogP contribution in [0.4, 0.5) is 0 Å². The summed E-state index contributed by atoms with van der Waals surface area (Å²) in [5.41, 5.74) is 5.68. The van der Waals surface area contributed by atoms with E-state index in [0.29, 0.717) is 24.6 Å². The number of carbonyl (C=O) groups excluding carboxylic acids is 3. The van der Waals surface area contributed by atoms with Crippen LogP contribution in [0.25, 0.3) is 0 Å². The second-order valence-electron chi connectivity index (χ2n) is 6.64. The molecule has 152 valence electrons. The number of nitrogens with zero attached hydrogens (tertiary/aromatic N) is 1. The third kappa shape index (κ3) is 5.47. The number of methoxy groups -OCH3 is 1. The van der Waals surface area contributed by atoms with E-state index in [4.69, 9.17) is 9.47 Å². The van der Waals surface area contributed by atoms with Gasteiger partial charge in [0.15, 0.2) is 18.1 Å². The number of rotatable bonds is 7. The number of amides is 3. The normalized spacial score (nSPS) is 15.7. The van der Waals surface area contributed by atoms with Crippen molar-refractivity contribution in [1.82, 2.24) is 15.8 Å². The molecule has 1 saturated heterocycles. The Balaban J connectivity index is 1.43. The number of ether oxygens (including phenoxy) is 2. The van der Waals surface area contributed by atoms with E-state index in [1.165, 1.54) is 7.11 Å². The molecule has 3 rings (SSSR count). The standard InChI is InChI=1S/C21H23N3O5/c1-28-17-9-5-6-10-18(17)29-14-19(25)22-23-21(27)16-11-20(26)24(13-16)12-15-7-3-2-4-8-15/h2-10,16H,11-14H2,1H3,(H,22,25)(H,23,27). The van der Waals surface area contributed by atoms with Crippen LogP contribution in [-0.2, 0) is 20.9 Å². The number of likely N-dealkylation sites (tertiary alicyclic amines) is 1. The summed E-state index contributed by atoms with van der Waals surface area (Å²) in [4.78, 5) is 38.1. The summed E-state index contributed by atoms with van der Waals surface area (Å²) in [6.45, 7) is 0.486. The van der Waals surface area contributed by atoms with E-state index in [2.05, 4.69) is 10.9 Å². The Morgan fingerprint density at radius 2 is 1.72 bits per heavy atom. The number of hydrogen-bond donors (Lipinski definition) is 2. The number of benzene rings is 2. The maximum Gasteiger partial charge on any atom is 0.276 e. The van der Waals surface area contributed by atoms with Gasteiger partial charge in [0.2, 0.25) is 11.8 Å². The van der Waals surface area contributed by atoms with Crippen molar-refractivity contribution >= 4 is 17.7 Å². The zero-order valence-electron chi connectivity index (χ0n) is 16.1. The zero-order valence-corrected chi connectivity index (χ0v) is 16.1. The van der Waals surface area contributed by atoms with Crippen LogP contribution in [0.3, 0.4) is 0 Å². The largest absolute Gasteiger partial charge is 0.493 e. The van der Waals surface area contributed by atoms with E-state index in [-0.39, 0.29) is 18.9 Å². The van der Waals surface area contributed by atoms with E-state index < -0.39 is 17.7 Å². The van der Waals surface area contributed by atoms with Crippen LogP contribution < -0.4 is 20.3 Å². The lowest BCUT2D eigenvalue weighted by Gasteiger charge is -2.17. The minimum Gasteiger partial charge on any atom is -0.493 e. The number of para-hydroxylation sites is 2. The molecule has 2 aromatic rings. The van der Waals surface area contributed by atoms with Crippen LogP contribution in [0.15, 0.2) is 54.6 Å². The molecule has 29 heavy (non-hydrogen) atoms. The van der Waals surface area contributed by atoms with Crippen molar-refractivity contribution in [2.75, 3.05) is 20.3 Å². The molecule has 1 aliphatic heterocycles. The highest BCUT2D eigenvalue weighted by molar-refractivity contribution is 5.90. The summed E-state index contributed by atoms with van der Waals surface area (Å²) in [5.74, 6) is -0.586. The third-order valence-corrected chi connectivity index (χ3v) is 4.55. The van der Waals surface area contributed by atoms with Gasteiger partial charge in [-0.1, -0.05) is 42.5 Å². The highest BCUT2D eigenvalue weighted by atomic mass is 16.5. The Kier molecular flexibility index (Phi) is 6.67. The monoisotopic (exact) mass is 397 g/mol. The Morgan fingerprint density at radius 3 is 2.45 bits per heavy atom. The Labute approximate surface area is 168 Å². The average molecular weight is 397 g/mol. The molecule has 0 saturated carbocycles. The number of carbonyl (C=O) groups is 3. The van der Waals surface area contributed by atoms with E-state index in [0.717, 1.165) is 5.56 Å². The molecule has 8 nitrogen and oxygen atoms in total. The fourth-order valence-electron chi connectivity index (χ4n) is 3.06. The molecule has 8 heteroatoms. The molecule has 2 aromatic carbocycles. The molecule has 0 spiro atoms. The Bertz CT molecular complexity index is 872.